The van der Waals surface area contributed by atoms with Crippen LogP contribution in [-0.2, 0) is 0 Å². The number of hydrogen-bond acceptors (Lipinski definition) is 2. The smallest absolute Gasteiger partial charge is 0.182 e. The Bertz CT molecular complexity index is 794. The summed E-state index contributed by atoms with van der Waals surface area (Å²) in [7, 11) is 0. The van der Waals surface area contributed by atoms with Gasteiger partial charge < -0.3 is 4.42 Å². The molecule has 4 atom stereocenters. The van der Waals surface area contributed by atoms with Gasteiger partial charge in [0.15, 0.2) is 12.0 Å². The SMILES string of the molecule is CC(C)=CC1C[C@H](C)[C@H]2CC[C@H](C)c3c2c1c(C)c1ncoc31. The number of rotatable bonds is 1. The quantitative estimate of drug-likeness (QED) is 0.585. The Morgan fingerprint density at radius 3 is 2.70 bits per heavy atom. The molecule has 0 radical (unpaired) electrons. The Morgan fingerprint density at radius 2 is 1.96 bits per heavy atom. The summed E-state index contributed by atoms with van der Waals surface area (Å²) in [5.74, 6) is 2.56. The van der Waals surface area contributed by atoms with Gasteiger partial charge in [0.1, 0.15) is 5.52 Å². The second-order valence-corrected chi connectivity index (χ2v) is 8.04. The molecule has 2 aromatic rings. The van der Waals surface area contributed by atoms with Gasteiger partial charge in [0, 0.05) is 11.5 Å². The highest BCUT2D eigenvalue weighted by atomic mass is 16.3. The normalized spacial score (nSPS) is 29.4. The maximum atomic E-state index is 5.86. The van der Waals surface area contributed by atoms with E-state index in [4.69, 9.17) is 4.42 Å². The Labute approximate surface area is 139 Å². The van der Waals surface area contributed by atoms with Gasteiger partial charge in [-0.25, -0.2) is 4.98 Å². The molecule has 0 bridgehead atoms. The van der Waals surface area contributed by atoms with Crippen LogP contribution in [-0.4, -0.2) is 4.98 Å². The first-order chi connectivity index (χ1) is 11.0. The van der Waals surface area contributed by atoms with Crippen LogP contribution in [0.3, 0.4) is 0 Å². The van der Waals surface area contributed by atoms with Crippen molar-refractivity contribution in [3.05, 3.63) is 40.3 Å². The first-order valence-electron chi connectivity index (χ1n) is 9.03. The van der Waals surface area contributed by atoms with E-state index >= 15 is 0 Å². The summed E-state index contributed by atoms with van der Waals surface area (Å²) < 4.78 is 5.86. The summed E-state index contributed by atoms with van der Waals surface area (Å²) >= 11 is 0. The second kappa shape index (κ2) is 5.22. The topological polar surface area (TPSA) is 26.0 Å². The number of oxazole rings is 1. The van der Waals surface area contributed by atoms with Gasteiger partial charge >= 0.3 is 0 Å². The standard InChI is InChI=1S/C21H27NO/c1-11(2)8-15-9-13(4)16-7-6-12(3)17-19(16)18(15)14(5)20-21(17)23-10-22-20/h8,10,12-13,15-16H,6-7,9H2,1-5H3/t12-,13-,15?,16+/m0/s1. The van der Waals surface area contributed by atoms with E-state index in [9.17, 15) is 0 Å². The Balaban J connectivity index is 2.10. The van der Waals surface area contributed by atoms with E-state index < -0.39 is 0 Å². The molecule has 0 aliphatic heterocycles. The van der Waals surface area contributed by atoms with Crippen molar-refractivity contribution in [2.75, 3.05) is 0 Å². The number of allylic oxidation sites excluding steroid dienone is 2. The van der Waals surface area contributed by atoms with Gasteiger partial charge in [-0.1, -0.05) is 25.5 Å². The average molecular weight is 309 g/mol. The third kappa shape index (κ3) is 2.10. The summed E-state index contributed by atoms with van der Waals surface area (Å²) in [6.45, 7) is 11.5. The van der Waals surface area contributed by atoms with Crippen molar-refractivity contribution < 1.29 is 4.42 Å². The predicted octanol–water partition coefficient (Wildman–Crippen LogP) is 6.21. The van der Waals surface area contributed by atoms with E-state index in [1.807, 2.05) is 0 Å². The second-order valence-electron chi connectivity index (χ2n) is 8.04. The summed E-state index contributed by atoms with van der Waals surface area (Å²) in [5.41, 5.74) is 9.56. The van der Waals surface area contributed by atoms with Crippen molar-refractivity contribution >= 4 is 11.1 Å². The summed E-state index contributed by atoms with van der Waals surface area (Å²) in [5, 5.41) is 0. The molecule has 0 N–H and O–H groups in total. The molecule has 1 heterocycles. The van der Waals surface area contributed by atoms with E-state index in [1.54, 1.807) is 17.5 Å². The minimum absolute atomic E-state index is 0.534. The van der Waals surface area contributed by atoms with E-state index in [0.717, 1.165) is 17.0 Å². The molecule has 2 aliphatic rings. The van der Waals surface area contributed by atoms with E-state index in [1.165, 1.54) is 36.0 Å². The lowest BCUT2D eigenvalue weighted by molar-refractivity contribution is 0.332. The maximum Gasteiger partial charge on any atom is 0.182 e. The number of aromatic nitrogens is 1. The Kier molecular flexibility index (Phi) is 3.40. The van der Waals surface area contributed by atoms with Crippen LogP contribution in [0, 0.1) is 12.8 Å². The lowest BCUT2D eigenvalue weighted by Gasteiger charge is -2.42. The monoisotopic (exact) mass is 309 g/mol. The van der Waals surface area contributed by atoms with Crippen LogP contribution in [0.25, 0.3) is 11.1 Å². The van der Waals surface area contributed by atoms with Crippen LogP contribution in [0.4, 0.5) is 0 Å². The molecule has 1 aromatic carbocycles. The van der Waals surface area contributed by atoms with Crippen LogP contribution < -0.4 is 0 Å². The van der Waals surface area contributed by atoms with Gasteiger partial charge in [0.05, 0.1) is 0 Å². The van der Waals surface area contributed by atoms with Crippen LogP contribution in [0.2, 0.25) is 0 Å². The van der Waals surface area contributed by atoms with Crippen LogP contribution in [0.5, 0.6) is 0 Å². The zero-order chi connectivity index (χ0) is 16.3. The molecule has 0 fully saturated rings. The number of nitrogens with zero attached hydrogens (tertiary/aromatic N) is 1. The third-order valence-electron chi connectivity index (χ3n) is 6.14. The fourth-order valence-electron chi connectivity index (χ4n) is 5.19. The van der Waals surface area contributed by atoms with E-state index in [-0.39, 0.29) is 0 Å². The lowest BCUT2D eigenvalue weighted by Crippen LogP contribution is -2.28. The fraction of sp³-hybridized carbons (Fsp3) is 0.571. The molecule has 23 heavy (non-hydrogen) atoms. The van der Waals surface area contributed by atoms with Gasteiger partial charge in [0.25, 0.3) is 0 Å². The third-order valence-corrected chi connectivity index (χ3v) is 6.14. The number of hydrogen-bond donors (Lipinski definition) is 0. The van der Waals surface area contributed by atoms with Crippen molar-refractivity contribution in [3.8, 4) is 0 Å². The fourth-order valence-corrected chi connectivity index (χ4v) is 5.19. The maximum absolute atomic E-state index is 5.86. The zero-order valence-corrected chi connectivity index (χ0v) is 14.9. The molecule has 122 valence electrons. The lowest BCUT2D eigenvalue weighted by atomic mass is 9.62. The molecular weight excluding hydrogens is 282 g/mol. The predicted molar refractivity (Wildman–Crippen MR) is 95.1 cm³/mol. The van der Waals surface area contributed by atoms with Gasteiger partial charge in [-0.15, -0.1) is 0 Å². The van der Waals surface area contributed by atoms with Crippen molar-refractivity contribution in [2.24, 2.45) is 5.92 Å². The number of benzene rings is 1. The molecule has 2 heteroatoms. The van der Waals surface area contributed by atoms with Crippen molar-refractivity contribution in [1.29, 1.82) is 0 Å². The molecule has 0 saturated heterocycles. The Morgan fingerprint density at radius 1 is 1.17 bits per heavy atom. The van der Waals surface area contributed by atoms with Crippen LogP contribution >= 0.6 is 0 Å². The number of aryl methyl sites for hydroxylation is 1. The van der Waals surface area contributed by atoms with Crippen molar-refractivity contribution in [3.63, 3.8) is 0 Å². The zero-order valence-electron chi connectivity index (χ0n) is 14.9. The van der Waals surface area contributed by atoms with Gasteiger partial charge in [-0.3, -0.25) is 0 Å². The van der Waals surface area contributed by atoms with Gasteiger partial charge in [-0.05, 0) is 74.5 Å². The summed E-state index contributed by atoms with van der Waals surface area (Å²) in [6, 6.07) is 0. The molecule has 2 nitrogen and oxygen atoms in total. The Hall–Kier alpha value is -1.57. The first-order valence-corrected chi connectivity index (χ1v) is 9.03. The van der Waals surface area contributed by atoms with Gasteiger partial charge in [0.2, 0.25) is 0 Å². The van der Waals surface area contributed by atoms with Crippen molar-refractivity contribution in [2.45, 2.75) is 71.6 Å². The molecule has 1 unspecified atom stereocenters. The molecule has 4 rings (SSSR count). The molecule has 1 aromatic heterocycles. The summed E-state index contributed by atoms with van der Waals surface area (Å²) in [4.78, 5) is 4.56. The van der Waals surface area contributed by atoms with Gasteiger partial charge in [-0.2, -0.15) is 0 Å². The highest BCUT2D eigenvalue weighted by Crippen LogP contribution is 2.55. The minimum Gasteiger partial charge on any atom is -0.443 e. The highest BCUT2D eigenvalue weighted by Gasteiger charge is 2.40. The largest absolute Gasteiger partial charge is 0.443 e. The molecule has 2 aliphatic carbocycles. The van der Waals surface area contributed by atoms with Crippen molar-refractivity contribution in [1.82, 2.24) is 4.98 Å². The molecule has 0 saturated carbocycles. The first kappa shape index (κ1) is 15.0. The van der Waals surface area contributed by atoms with E-state index in [0.29, 0.717) is 17.8 Å². The highest BCUT2D eigenvalue weighted by molar-refractivity contribution is 5.84. The number of fused-ring (bicyclic) bond motifs is 2. The van der Waals surface area contributed by atoms with Crippen LogP contribution in [0.15, 0.2) is 22.5 Å². The van der Waals surface area contributed by atoms with Crippen LogP contribution in [0.1, 0.15) is 87.0 Å². The summed E-state index contributed by atoms with van der Waals surface area (Å²) in [6.07, 6.45) is 7.97. The molecule has 0 amide bonds. The van der Waals surface area contributed by atoms with E-state index in [2.05, 4.69) is 45.7 Å². The molecule has 0 spiro atoms. The average Bonchev–Trinajstić information content (AvgIpc) is 2.95. The molecular formula is C21H27NO. The minimum atomic E-state index is 0.534.